The van der Waals surface area contributed by atoms with Gasteiger partial charge in [-0.3, -0.25) is 0 Å². The van der Waals surface area contributed by atoms with Crippen LogP contribution in [0.15, 0.2) is 12.1 Å². The third kappa shape index (κ3) is 1.77. The quantitative estimate of drug-likeness (QED) is 0.862. The van der Waals surface area contributed by atoms with Crippen molar-refractivity contribution < 1.29 is 9.47 Å². The molecule has 4 heteroatoms. The fraction of sp³-hybridized carbons (Fsp3) is 0.455. The topological polar surface area (TPSA) is 44.5 Å². The number of rotatable bonds is 3. The van der Waals surface area contributed by atoms with Gasteiger partial charge in [-0.15, -0.1) is 0 Å². The SMILES string of the molecule is COc1cc(Cl)c(OC)c(C2(N)CC2)c1. The lowest BCUT2D eigenvalue weighted by Crippen LogP contribution is -2.19. The zero-order chi connectivity index (χ0) is 11.1. The third-order valence-electron chi connectivity index (χ3n) is 2.78. The summed E-state index contributed by atoms with van der Waals surface area (Å²) in [7, 11) is 3.21. The molecular weight excluding hydrogens is 214 g/mol. The maximum Gasteiger partial charge on any atom is 0.142 e. The highest BCUT2D eigenvalue weighted by molar-refractivity contribution is 6.32. The zero-order valence-electron chi connectivity index (χ0n) is 8.84. The largest absolute Gasteiger partial charge is 0.497 e. The predicted molar refractivity (Wildman–Crippen MR) is 59.7 cm³/mol. The summed E-state index contributed by atoms with van der Waals surface area (Å²) >= 11 is 6.09. The van der Waals surface area contributed by atoms with Crippen LogP contribution < -0.4 is 15.2 Å². The van der Waals surface area contributed by atoms with Crippen molar-refractivity contribution in [2.45, 2.75) is 18.4 Å². The summed E-state index contributed by atoms with van der Waals surface area (Å²) in [5, 5.41) is 0.545. The van der Waals surface area contributed by atoms with E-state index in [0.717, 1.165) is 18.4 Å². The van der Waals surface area contributed by atoms with E-state index in [0.29, 0.717) is 16.5 Å². The number of nitrogens with two attached hydrogens (primary N) is 1. The summed E-state index contributed by atoms with van der Waals surface area (Å²) in [6, 6.07) is 3.63. The van der Waals surface area contributed by atoms with Crippen molar-refractivity contribution in [1.29, 1.82) is 0 Å². The minimum atomic E-state index is -0.274. The second kappa shape index (κ2) is 3.58. The van der Waals surface area contributed by atoms with E-state index >= 15 is 0 Å². The van der Waals surface area contributed by atoms with Gasteiger partial charge in [0.15, 0.2) is 0 Å². The minimum absolute atomic E-state index is 0.274. The Bertz CT molecular complexity index is 388. The van der Waals surface area contributed by atoms with Crippen molar-refractivity contribution >= 4 is 11.6 Å². The van der Waals surface area contributed by atoms with Crippen LogP contribution in [0.4, 0.5) is 0 Å². The lowest BCUT2D eigenvalue weighted by molar-refractivity contribution is 0.394. The van der Waals surface area contributed by atoms with Gasteiger partial charge in [0.05, 0.1) is 19.2 Å². The van der Waals surface area contributed by atoms with Crippen molar-refractivity contribution in [2.24, 2.45) is 5.73 Å². The molecule has 0 bridgehead atoms. The molecule has 1 aliphatic carbocycles. The van der Waals surface area contributed by atoms with Crippen LogP contribution in [0, 0.1) is 0 Å². The van der Waals surface area contributed by atoms with Gasteiger partial charge in [-0.05, 0) is 18.9 Å². The highest BCUT2D eigenvalue weighted by Gasteiger charge is 2.43. The van der Waals surface area contributed by atoms with E-state index in [-0.39, 0.29) is 5.54 Å². The average molecular weight is 228 g/mol. The van der Waals surface area contributed by atoms with Crippen LogP contribution in [0.25, 0.3) is 0 Å². The smallest absolute Gasteiger partial charge is 0.142 e. The molecule has 82 valence electrons. The van der Waals surface area contributed by atoms with Crippen LogP contribution >= 0.6 is 11.6 Å². The molecular formula is C11H14ClNO2. The first kappa shape index (κ1) is 10.6. The fourth-order valence-corrected chi connectivity index (χ4v) is 1.95. The molecule has 0 saturated heterocycles. The van der Waals surface area contributed by atoms with Crippen LogP contribution in [-0.4, -0.2) is 14.2 Å². The lowest BCUT2D eigenvalue weighted by Gasteiger charge is -2.16. The number of benzene rings is 1. The third-order valence-corrected chi connectivity index (χ3v) is 3.06. The van der Waals surface area contributed by atoms with E-state index in [9.17, 15) is 0 Å². The second-order valence-corrected chi connectivity index (χ2v) is 4.25. The molecule has 1 aliphatic rings. The first-order valence-corrected chi connectivity index (χ1v) is 5.19. The molecule has 0 radical (unpaired) electrons. The molecule has 1 aromatic rings. The highest BCUT2D eigenvalue weighted by Crippen LogP contribution is 2.49. The van der Waals surface area contributed by atoms with Crippen molar-refractivity contribution in [1.82, 2.24) is 0 Å². The summed E-state index contributed by atoms with van der Waals surface area (Å²) in [5.74, 6) is 1.38. The molecule has 1 aromatic carbocycles. The van der Waals surface area contributed by atoms with Gasteiger partial charge in [0, 0.05) is 17.2 Å². The Hall–Kier alpha value is -0.930. The number of hydrogen-bond donors (Lipinski definition) is 1. The van der Waals surface area contributed by atoms with E-state index in [1.807, 2.05) is 6.07 Å². The Morgan fingerprint density at radius 2 is 1.93 bits per heavy atom. The van der Waals surface area contributed by atoms with Gasteiger partial charge in [0.1, 0.15) is 11.5 Å². The van der Waals surface area contributed by atoms with Crippen LogP contribution in [-0.2, 0) is 5.54 Å². The summed E-state index contributed by atoms with van der Waals surface area (Å²) in [4.78, 5) is 0. The van der Waals surface area contributed by atoms with Crippen LogP contribution in [0.5, 0.6) is 11.5 Å². The second-order valence-electron chi connectivity index (χ2n) is 3.85. The number of hydrogen-bond acceptors (Lipinski definition) is 3. The summed E-state index contributed by atoms with van der Waals surface area (Å²) in [5.41, 5.74) is 6.81. The van der Waals surface area contributed by atoms with Crippen LogP contribution in [0.1, 0.15) is 18.4 Å². The van der Waals surface area contributed by atoms with Crippen LogP contribution in [0.2, 0.25) is 5.02 Å². The molecule has 3 nitrogen and oxygen atoms in total. The normalized spacial score (nSPS) is 17.3. The summed E-state index contributed by atoms with van der Waals surface area (Å²) in [6.45, 7) is 0. The van der Waals surface area contributed by atoms with Gasteiger partial charge in [-0.25, -0.2) is 0 Å². The summed E-state index contributed by atoms with van der Waals surface area (Å²) < 4.78 is 10.4. The van der Waals surface area contributed by atoms with E-state index in [1.54, 1.807) is 20.3 Å². The monoisotopic (exact) mass is 227 g/mol. The van der Waals surface area contributed by atoms with Crippen molar-refractivity contribution in [2.75, 3.05) is 14.2 Å². The van der Waals surface area contributed by atoms with Gasteiger partial charge in [-0.2, -0.15) is 0 Å². The maximum absolute atomic E-state index is 6.14. The lowest BCUT2D eigenvalue weighted by atomic mass is 10.0. The molecule has 0 spiro atoms. The van der Waals surface area contributed by atoms with Crippen molar-refractivity contribution in [3.63, 3.8) is 0 Å². The maximum atomic E-state index is 6.14. The van der Waals surface area contributed by atoms with Gasteiger partial charge < -0.3 is 15.2 Å². The molecule has 15 heavy (non-hydrogen) atoms. The average Bonchev–Trinajstić information content (AvgIpc) is 2.96. The predicted octanol–water partition coefficient (Wildman–Crippen LogP) is 2.31. The molecule has 2 rings (SSSR count). The summed E-state index contributed by atoms with van der Waals surface area (Å²) in [6.07, 6.45) is 1.93. The molecule has 0 atom stereocenters. The number of methoxy groups -OCH3 is 2. The molecule has 0 unspecified atom stereocenters. The molecule has 0 amide bonds. The van der Waals surface area contributed by atoms with E-state index in [2.05, 4.69) is 0 Å². The van der Waals surface area contributed by atoms with Gasteiger partial charge >= 0.3 is 0 Å². The van der Waals surface area contributed by atoms with Crippen LogP contribution in [0.3, 0.4) is 0 Å². The first-order valence-electron chi connectivity index (χ1n) is 4.81. The standard InChI is InChI=1S/C11H14ClNO2/c1-14-7-5-8(11(13)3-4-11)10(15-2)9(12)6-7/h5-6H,3-4,13H2,1-2H3. The molecule has 2 N–H and O–H groups in total. The van der Waals surface area contributed by atoms with E-state index in [1.165, 1.54) is 0 Å². The Morgan fingerprint density at radius 3 is 2.40 bits per heavy atom. The minimum Gasteiger partial charge on any atom is -0.497 e. The fourth-order valence-electron chi connectivity index (χ4n) is 1.67. The Labute approximate surface area is 94.1 Å². The van der Waals surface area contributed by atoms with Gasteiger partial charge in [-0.1, -0.05) is 11.6 Å². The van der Waals surface area contributed by atoms with E-state index < -0.39 is 0 Å². The Kier molecular flexibility index (Phi) is 2.52. The Morgan fingerprint density at radius 1 is 1.27 bits per heavy atom. The van der Waals surface area contributed by atoms with Gasteiger partial charge in [0.2, 0.25) is 0 Å². The van der Waals surface area contributed by atoms with E-state index in [4.69, 9.17) is 26.8 Å². The molecule has 1 fully saturated rings. The number of ether oxygens (including phenoxy) is 2. The van der Waals surface area contributed by atoms with Crippen molar-refractivity contribution in [3.8, 4) is 11.5 Å². The van der Waals surface area contributed by atoms with Gasteiger partial charge in [0.25, 0.3) is 0 Å². The number of halogens is 1. The molecule has 0 heterocycles. The molecule has 1 saturated carbocycles. The van der Waals surface area contributed by atoms with Crippen molar-refractivity contribution in [3.05, 3.63) is 22.7 Å². The Balaban J connectivity index is 2.53. The highest BCUT2D eigenvalue weighted by atomic mass is 35.5. The molecule has 0 aliphatic heterocycles. The zero-order valence-corrected chi connectivity index (χ0v) is 9.60. The molecule has 0 aromatic heterocycles. The first-order chi connectivity index (χ1) is 7.10.